The Morgan fingerprint density at radius 3 is 2.73 bits per heavy atom. The molecule has 0 spiro atoms. The number of nitrogens with zero attached hydrogens (tertiary/aromatic N) is 3. The summed E-state index contributed by atoms with van der Waals surface area (Å²) in [6, 6.07) is 2.02. The van der Waals surface area contributed by atoms with E-state index in [1.54, 1.807) is 0 Å². The van der Waals surface area contributed by atoms with Gasteiger partial charge in [-0.1, -0.05) is 0 Å². The summed E-state index contributed by atoms with van der Waals surface area (Å²) in [5, 5.41) is 12.6. The van der Waals surface area contributed by atoms with E-state index >= 15 is 0 Å². The van der Waals surface area contributed by atoms with Gasteiger partial charge < -0.3 is 10.5 Å². The van der Waals surface area contributed by atoms with Gasteiger partial charge in [-0.15, -0.1) is 0 Å². The van der Waals surface area contributed by atoms with Crippen LogP contribution in [-0.2, 0) is 11.3 Å². The Bertz CT molecular complexity index is 364. The van der Waals surface area contributed by atoms with E-state index in [4.69, 9.17) is 15.7 Å². The van der Waals surface area contributed by atoms with Crippen LogP contribution in [0.1, 0.15) is 17.8 Å². The van der Waals surface area contributed by atoms with Gasteiger partial charge in [-0.3, -0.25) is 4.68 Å². The fourth-order valence-corrected chi connectivity index (χ4v) is 1.30. The van der Waals surface area contributed by atoms with Crippen molar-refractivity contribution in [3.05, 3.63) is 11.4 Å². The van der Waals surface area contributed by atoms with Gasteiger partial charge in [0, 0.05) is 0 Å². The lowest BCUT2D eigenvalue weighted by Crippen LogP contribution is -2.09. The summed E-state index contributed by atoms with van der Waals surface area (Å²) in [5.74, 6) is 0. The van der Waals surface area contributed by atoms with Crippen molar-refractivity contribution < 1.29 is 4.74 Å². The monoisotopic (exact) mass is 208 g/mol. The lowest BCUT2D eigenvalue weighted by atomic mass is 10.3. The van der Waals surface area contributed by atoms with E-state index in [0.29, 0.717) is 26.2 Å². The van der Waals surface area contributed by atoms with Crippen molar-refractivity contribution in [1.29, 1.82) is 5.26 Å². The van der Waals surface area contributed by atoms with Crippen LogP contribution < -0.4 is 5.73 Å². The third-order valence-corrected chi connectivity index (χ3v) is 2.24. The van der Waals surface area contributed by atoms with Gasteiger partial charge in [0.2, 0.25) is 0 Å². The molecule has 2 N–H and O–H groups in total. The summed E-state index contributed by atoms with van der Waals surface area (Å²) in [6.07, 6.45) is 0.430. The molecule has 0 saturated carbocycles. The first-order chi connectivity index (χ1) is 7.16. The minimum absolute atomic E-state index is 0.430. The summed E-state index contributed by atoms with van der Waals surface area (Å²) >= 11 is 0. The van der Waals surface area contributed by atoms with Crippen molar-refractivity contribution in [3.8, 4) is 6.07 Å². The molecule has 5 nitrogen and oxygen atoms in total. The van der Waals surface area contributed by atoms with Gasteiger partial charge in [-0.25, -0.2) is 0 Å². The molecular weight excluding hydrogens is 192 g/mol. The fraction of sp³-hybridized carbons (Fsp3) is 0.600. The Morgan fingerprint density at radius 1 is 1.47 bits per heavy atom. The molecule has 0 aliphatic heterocycles. The molecule has 15 heavy (non-hydrogen) atoms. The number of anilines is 1. The fourth-order valence-electron chi connectivity index (χ4n) is 1.30. The van der Waals surface area contributed by atoms with Gasteiger partial charge in [0.05, 0.1) is 49.3 Å². The largest absolute Gasteiger partial charge is 0.396 e. The topological polar surface area (TPSA) is 76.9 Å². The molecule has 0 aliphatic rings. The van der Waals surface area contributed by atoms with Crippen molar-refractivity contribution in [2.75, 3.05) is 18.9 Å². The van der Waals surface area contributed by atoms with Crippen LogP contribution in [0.5, 0.6) is 0 Å². The minimum Gasteiger partial charge on any atom is -0.396 e. The second kappa shape index (κ2) is 5.37. The third-order valence-electron chi connectivity index (χ3n) is 2.24. The smallest absolute Gasteiger partial charge is 0.0825 e. The van der Waals surface area contributed by atoms with Gasteiger partial charge in [-0.2, -0.15) is 10.4 Å². The average Bonchev–Trinajstić information content (AvgIpc) is 2.46. The maximum absolute atomic E-state index is 8.30. The maximum atomic E-state index is 8.30. The van der Waals surface area contributed by atoms with Crippen LogP contribution in [0.3, 0.4) is 0 Å². The number of aryl methyl sites for hydroxylation is 1. The summed E-state index contributed by atoms with van der Waals surface area (Å²) in [4.78, 5) is 0. The first-order valence-electron chi connectivity index (χ1n) is 4.91. The molecule has 0 radical (unpaired) electrons. The second-order valence-electron chi connectivity index (χ2n) is 3.33. The lowest BCUT2D eigenvalue weighted by molar-refractivity contribution is 0.128. The van der Waals surface area contributed by atoms with Crippen LogP contribution >= 0.6 is 0 Å². The first kappa shape index (κ1) is 11.5. The number of hydrogen-bond acceptors (Lipinski definition) is 4. The van der Waals surface area contributed by atoms with Crippen LogP contribution in [0, 0.1) is 25.2 Å². The van der Waals surface area contributed by atoms with Crippen LogP contribution in [-0.4, -0.2) is 23.0 Å². The predicted octanol–water partition coefficient (Wildman–Crippen LogP) is 1.01. The number of nitrogen functional groups attached to an aromatic ring is 1. The van der Waals surface area contributed by atoms with Gasteiger partial charge in [-0.05, 0) is 13.8 Å². The molecule has 1 rings (SSSR count). The average molecular weight is 208 g/mol. The highest BCUT2D eigenvalue weighted by Crippen LogP contribution is 2.14. The van der Waals surface area contributed by atoms with E-state index in [1.807, 2.05) is 24.6 Å². The SMILES string of the molecule is Cc1nn(CCOCCC#N)c(C)c1N. The van der Waals surface area contributed by atoms with E-state index in [1.165, 1.54) is 0 Å². The summed E-state index contributed by atoms with van der Waals surface area (Å²) in [5.41, 5.74) is 8.35. The molecule has 1 aromatic rings. The molecule has 82 valence electrons. The molecule has 0 atom stereocenters. The van der Waals surface area contributed by atoms with E-state index in [2.05, 4.69) is 5.10 Å². The molecule has 0 aliphatic carbocycles. The quantitative estimate of drug-likeness (QED) is 0.733. The molecule has 0 amide bonds. The Balaban J connectivity index is 2.38. The van der Waals surface area contributed by atoms with Crippen molar-refractivity contribution in [2.24, 2.45) is 0 Å². The van der Waals surface area contributed by atoms with Crippen molar-refractivity contribution >= 4 is 5.69 Å². The number of hydrogen-bond donors (Lipinski definition) is 1. The zero-order chi connectivity index (χ0) is 11.3. The van der Waals surface area contributed by atoms with E-state index < -0.39 is 0 Å². The number of nitrogens with two attached hydrogens (primary N) is 1. The number of aromatic nitrogens is 2. The Morgan fingerprint density at radius 2 is 2.20 bits per heavy atom. The van der Waals surface area contributed by atoms with Crippen LogP contribution in [0.2, 0.25) is 0 Å². The Hall–Kier alpha value is -1.54. The van der Waals surface area contributed by atoms with E-state index in [-0.39, 0.29) is 0 Å². The molecule has 0 unspecified atom stereocenters. The van der Waals surface area contributed by atoms with E-state index in [0.717, 1.165) is 17.1 Å². The van der Waals surface area contributed by atoms with Gasteiger partial charge in [0.25, 0.3) is 0 Å². The van der Waals surface area contributed by atoms with Crippen molar-refractivity contribution in [3.63, 3.8) is 0 Å². The van der Waals surface area contributed by atoms with Crippen LogP contribution in [0.15, 0.2) is 0 Å². The highest BCUT2D eigenvalue weighted by atomic mass is 16.5. The number of rotatable bonds is 5. The Kier molecular flexibility index (Phi) is 4.13. The predicted molar refractivity (Wildman–Crippen MR) is 57.2 cm³/mol. The minimum atomic E-state index is 0.430. The van der Waals surface area contributed by atoms with Crippen LogP contribution in [0.25, 0.3) is 0 Å². The molecule has 0 fully saturated rings. The van der Waals surface area contributed by atoms with Gasteiger partial charge >= 0.3 is 0 Å². The molecule has 0 bridgehead atoms. The maximum Gasteiger partial charge on any atom is 0.0825 e. The first-order valence-corrected chi connectivity index (χ1v) is 4.91. The molecule has 1 aromatic heterocycles. The Labute approximate surface area is 89.4 Å². The number of nitriles is 1. The van der Waals surface area contributed by atoms with Gasteiger partial charge in [0.1, 0.15) is 0 Å². The van der Waals surface area contributed by atoms with Crippen molar-refractivity contribution in [2.45, 2.75) is 26.8 Å². The zero-order valence-corrected chi connectivity index (χ0v) is 9.16. The summed E-state index contributed by atoms with van der Waals surface area (Å²) < 4.78 is 7.09. The standard InChI is InChI=1S/C10H16N4O/c1-8-10(12)9(2)14(13-8)5-7-15-6-3-4-11/h3,5-7,12H2,1-2H3. The van der Waals surface area contributed by atoms with Crippen LogP contribution in [0.4, 0.5) is 5.69 Å². The molecule has 5 heteroatoms. The zero-order valence-electron chi connectivity index (χ0n) is 9.16. The van der Waals surface area contributed by atoms with Gasteiger partial charge in [0.15, 0.2) is 0 Å². The molecular formula is C10H16N4O. The highest BCUT2D eigenvalue weighted by Gasteiger charge is 2.06. The van der Waals surface area contributed by atoms with Crippen molar-refractivity contribution in [1.82, 2.24) is 9.78 Å². The lowest BCUT2D eigenvalue weighted by Gasteiger charge is -2.04. The number of ether oxygens (including phenoxy) is 1. The summed E-state index contributed by atoms with van der Waals surface area (Å²) in [6.45, 7) is 5.53. The second-order valence-corrected chi connectivity index (χ2v) is 3.33. The molecule has 1 heterocycles. The molecule has 0 aromatic carbocycles. The van der Waals surface area contributed by atoms with E-state index in [9.17, 15) is 0 Å². The molecule has 0 saturated heterocycles. The summed E-state index contributed by atoms with van der Waals surface area (Å²) in [7, 11) is 0. The highest BCUT2D eigenvalue weighted by molar-refractivity contribution is 5.46. The third kappa shape index (κ3) is 2.96. The normalized spacial score (nSPS) is 10.2.